The van der Waals surface area contributed by atoms with Gasteiger partial charge in [0, 0.05) is 40.7 Å². The number of pyridine rings is 1. The highest BCUT2D eigenvalue weighted by atomic mass is 32.2. The van der Waals surface area contributed by atoms with Crippen LogP contribution in [0.1, 0.15) is 38.1 Å². The average molecular weight is 483 g/mol. The molecule has 3 heterocycles. The van der Waals surface area contributed by atoms with Crippen molar-refractivity contribution in [2.45, 2.75) is 45.0 Å². The first kappa shape index (κ1) is 24.0. The van der Waals surface area contributed by atoms with Crippen molar-refractivity contribution in [2.24, 2.45) is 0 Å². The molecule has 3 aromatic rings. The van der Waals surface area contributed by atoms with Crippen LogP contribution in [0.2, 0.25) is 0 Å². The summed E-state index contributed by atoms with van der Waals surface area (Å²) in [7, 11) is -1.13. The Balaban J connectivity index is 1.59. The zero-order valence-electron chi connectivity index (χ0n) is 19.3. The number of carbonyl (C=O) groups excluding carboxylic acids is 1. The molecule has 0 spiro atoms. The molecule has 9 heteroatoms. The maximum atomic E-state index is 13.6. The van der Waals surface area contributed by atoms with Crippen molar-refractivity contribution in [3.8, 4) is 11.1 Å². The second-order valence-corrected chi connectivity index (χ2v) is 10.3. The zero-order valence-corrected chi connectivity index (χ0v) is 20.1. The first-order valence-corrected chi connectivity index (χ1v) is 12.3. The summed E-state index contributed by atoms with van der Waals surface area (Å²) in [4.78, 5) is 19.6. The highest BCUT2D eigenvalue weighted by Gasteiger charge is 2.31. The minimum atomic E-state index is -1.13. The van der Waals surface area contributed by atoms with Crippen molar-refractivity contribution in [1.29, 1.82) is 0 Å². The van der Waals surface area contributed by atoms with Gasteiger partial charge >= 0.3 is 0 Å². The van der Waals surface area contributed by atoms with Crippen LogP contribution in [0.3, 0.4) is 0 Å². The number of benzene rings is 1. The third-order valence-electron chi connectivity index (χ3n) is 5.81. The summed E-state index contributed by atoms with van der Waals surface area (Å²) in [6.07, 6.45) is 6.81. The summed E-state index contributed by atoms with van der Waals surface area (Å²) in [5.41, 5.74) is 1.78. The van der Waals surface area contributed by atoms with E-state index in [4.69, 9.17) is 0 Å². The first-order chi connectivity index (χ1) is 16.1. The molecule has 1 aliphatic rings. The molecule has 1 amide bonds. The highest BCUT2D eigenvalue weighted by Crippen LogP contribution is 2.25. The van der Waals surface area contributed by atoms with Crippen LogP contribution in [0.15, 0.2) is 66.5 Å². The van der Waals surface area contributed by atoms with E-state index in [0.717, 1.165) is 16.7 Å². The van der Waals surface area contributed by atoms with Gasteiger partial charge in [-0.25, -0.2) is 4.39 Å². The van der Waals surface area contributed by atoms with Crippen LogP contribution in [0.5, 0.6) is 0 Å². The largest absolute Gasteiger partial charge is 0.384 e. The molecule has 0 aliphatic carbocycles. The topological polar surface area (TPSA) is 88.3 Å². The molecular weight excluding hydrogens is 455 g/mol. The van der Waals surface area contributed by atoms with E-state index in [1.807, 2.05) is 0 Å². The van der Waals surface area contributed by atoms with Crippen LogP contribution < -0.4 is 0 Å². The van der Waals surface area contributed by atoms with Crippen LogP contribution in [0.4, 0.5) is 4.39 Å². The fourth-order valence-corrected chi connectivity index (χ4v) is 4.90. The number of rotatable bonds is 7. The second kappa shape index (κ2) is 9.60. The lowest BCUT2D eigenvalue weighted by Crippen LogP contribution is -2.43. The van der Waals surface area contributed by atoms with Crippen molar-refractivity contribution in [1.82, 2.24) is 19.7 Å². The summed E-state index contributed by atoms with van der Waals surface area (Å²) < 4.78 is 26.9. The molecule has 4 rings (SSSR count). The third kappa shape index (κ3) is 5.31. The Bertz CT molecular complexity index is 1230. The molecule has 0 radical (unpaired) electrons. The fraction of sp³-hybridized carbons (Fsp3) is 0.320. The Labute approximate surface area is 200 Å². The maximum absolute atomic E-state index is 13.6. The standard InChI is InChI=1S/C25H27FN4O3S/c1-17(30-15-20(13-28-30)19-4-6-21(26)7-5-19)24(31)29(22-9-11-34(33)16-22)14-18-8-10-27-23(12-18)25(2,3)32/h4-13,15,17,22,32H,14,16H2,1-3H3. The van der Waals surface area contributed by atoms with Gasteiger partial charge < -0.3 is 10.0 Å². The summed E-state index contributed by atoms with van der Waals surface area (Å²) in [6, 6.07) is 8.74. The van der Waals surface area contributed by atoms with Gasteiger partial charge in [0.1, 0.15) is 17.5 Å². The van der Waals surface area contributed by atoms with Gasteiger partial charge in [0.15, 0.2) is 0 Å². The number of aromatic nitrogens is 3. The number of hydrogen-bond donors (Lipinski definition) is 1. The van der Waals surface area contributed by atoms with E-state index >= 15 is 0 Å². The van der Waals surface area contributed by atoms with Crippen LogP contribution in [-0.2, 0) is 27.7 Å². The normalized spacial score (nSPS) is 18.7. The van der Waals surface area contributed by atoms with Crippen molar-refractivity contribution in [2.75, 3.05) is 5.75 Å². The van der Waals surface area contributed by atoms with E-state index in [0.29, 0.717) is 11.4 Å². The Morgan fingerprint density at radius 2 is 2.03 bits per heavy atom. The van der Waals surface area contributed by atoms with Gasteiger partial charge in [-0.2, -0.15) is 5.10 Å². The molecular formula is C25H27FN4O3S. The maximum Gasteiger partial charge on any atom is 0.247 e. The van der Waals surface area contributed by atoms with Crippen molar-refractivity contribution in [3.05, 3.63) is 83.5 Å². The Morgan fingerprint density at radius 3 is 2.68 bits per heavy atom. The molecule has 0 saturated carbocycles. The summed E-state index contributed by atoms with van der Waals surface area (Å²) in [6.45, 7) is 5.35. The number of nitrogens with zero attached hydrogens (tertiary/aromatic N) is 4. The molecule has 1 N–H and O–H groups in total. The molecule has 178 valence electrons. The number of hydrogen-bond acceptors (Lipinski definition) is 5. The predicted octanol–water partition coefficient (Wildman–Crippen LogP) is 3.55. The Morgan fingerprint density at radius 1 is 1.29 bits per heavy atom. The van der Waals surface area contributed by atoms with E-state index < -0.39 is 22.4 Å². The van der Waals surface area contributed by atoms with Gasteiger partial charge in [0.25, 0.3) is 0 Å². The zero-order chi connectivity index (χ0) is 24.5. The van der Waals surface area contributed by atoms with E-state index in [2.05, 4.69) is 10.1 Å². The Hall–Kier alpha value is -3.17. The van der Waals surface area contributed by atoms with Crippen LogP contribution in [0.25, 0.3) is 11.1 Å². The SMILES string of the molecule is CC(C(=O)N(Cc1ccnc(C(C)(C)O)c1)C1C=CS(=O)C1)n1cc(-c2ccc(F)cc2)cn1. The number of amides is 1. The molecule has 0 saturated heterocycles. The summed E-state index contributed by atoms with van der Waals surface area (Å²) in [5.74, 6) is -0.160. The number of halogens is 1. The number of aliphatic hydroxyl groups is 1. The molecule has 3 unspecified atom stereocenters. The molecule has 3 atom stereocenters. The molecule has 1 aromatic carbocycles. The van der Waals surface area contributed by atoms with Gasteiger partial charge in [0.05, 0.1) is 23.7 Å². The lowest BCUT2D eigenvalue weighted by atomic mass is 10.0. The van der Waals surface area contributed by atoms with Crippen molar-refractivity contribution >= 4 is 16.7 Å². The van der Waals surface area contributed by atoms with Gasteiger partial charge in [-0.05, 0) is 56.2 Å². The van der Waals surface area contributed by atoms with Gasteiger partial charge in [-0.15, -0.1) is 0 Å². The van der Waals surface area contributed by atoms with E-state index in [-0.39, 0.29) is 24.3 Å². The number of carbonyl (C=O) groups is 1. The van der Waals surface area contributed by atoms with Crippen LogP contribution in [0, 0.1) is 5.82 Å². The van der Waals surface area contributed by atoms with Crippen molar-refractivity contribution < 1.29 is 18.5 Å². The van der Waals surface area contributed by atoms with E-state index in [1.165, 1.54) is 12.1 Å². The second-order valence-electron chi connectivity index (χ2n) is 8.91. The molecule has 2 aromatic heterocycles. The molecule has 7 nitrogen and oxygen atoms in total. The average Bonchev–Trinajstić information content (AvgIpc) is 3.46. The first-order valence-electron chi connectivity index (χ1n) is 11.0. The summed E-state index contributed by atoms with van der Waals surface area (Å²) >= 11 is 0. The predicted molar refractivity (Wildman–Crippen MR) is 128 cm³/mol. The third-order valence-corrected chi connectivity index (χ3v) is 6.94. The summed E-state index contributed by atoms with van der Waals surface area (Å²) in [5, 5.41) is 16.3. The van der Waals surface area contributed by atoms with E-state index in [9.17, 15) is 18.5 Å². The van der Waals surface area contributed by atoms with Gasteiger partial charge in [-0.3, -0.25) is 18.7 Å². The van der Waals surface area contributed by atoms with Crippen LogP contribution in [-0.4, -0.2) is 46.7 Å². The fourth-order valence-electron chi connectivity index (χ4n) is 3.81. The smallest absolute Gasteiger partial charge is 0.247 e. The van der Waals surface area contributed by atoms with Gasteiger partial charge in [0.2, 0.25) is 5.91 Å². The lowest BCUT2D eigenvalue weighted by molar-refractivity contribution is -0.136. The molecule has 34 heavy (non-hydrogen) atoms. The monoisotopic (exact) mass is 482 g/mol. The van der Waals surface area contributed by atoms with Gasteiger partial charge in [-0.1, -0.05) is 18.2 Å². The highest BCUT2D eigenvalue weighted by molar-refractivity contribution is 7.88. The lowest BCUT2D eigenvalue weighted by Gasteiger charge is -2.30. The molecule has 1 aliphatic heterocycles. The minimum Gasteiger partial charge on any atom is -0.384 e. The quantitative estimate of drug-likeness (QED) is 0.557. The van der Waals surface area contributed by atoms with E-state index in [1.54, 1.807) is 84.7 Å². The van der Waals surface area contributed by atoms with Crippen LogP contribution >= 0.6 is 0 Å². The molecule has 0 fully saturated rings. The minimum absolute atomic E-state index is 0.177. The molecule has 0 bridgehead atoms. The van der Waals surface area contributed by atoms with Crippen molar-refractivity contribution in [3.63, 3.8) is 0 Å². The Kier molecular flexibility index (Phi) is 6.77.